The van der Waals surface area contributed by atoms with Crippen molar-refractivity contribution in [2.45, 2.75) is 50.8 Å². The Bertz CT molecular complexity index is 647. The number of ether oxygens (including phenoxy) is 1. The number of hydrogen-bond acceptors (Lipinski definition) is 4. The van der Waals surface area contributed by atoms with Crippen molar-refractivity contribution < 1.29 is 9.84 Å². The molecule has 0 bridgehead atoms. The summed E-state index contributed by atoms with van der Waals surface area (Å²) in [5.74, 6) is 0.966. The Morgan fingerprint density at radius 1 is 1.26 bits per heavy atom. The molecule has 4 nitrogen and oxygen atoms in total. The Morgan fingerprint density at radius 3 is 2.67 bits per heavy atom. The number of nitrogens with one attached hydrogen (secondary N) is 1. The SMILES string of the molecule is C[C@](O)(CNC1CCN(Cc2ccc(Cl)cc2)CC1)COC1=CC=CCC1. The topological polar surface area (TPSA) is 44.7 Å². The fraction of sp³-hybridized carbons (Fsp3) is 0.545. The van der Waals surface area contributed by atoms with Gasteiger partial charge in [0.2, 0.25) is 0 Å². The van der Waals surface area contributed by atoms with Crippen LogP contribution in [-0.4, -0.2) is 47.9 Å². The van der Waals surface area contributed by atoms with Crippen molar-refractivity contribution in [3.05, 3.63) is 58.8 Å². The summed E-state index contributed by atoms with van der Waals surface area (Å²) in [6.45, 7) is 5.83. The summed E-state index contributed by atoms with van der Waals surface area (Å²) in [5.41, 5.74) is 0.445. The Balaban J connectivity index is 1.35. The fourth-order valence-corrected chi connectivity index (χ4v) is 3.63. The van der Waals surface area contributed by atoms with Gasteiger partial charge < -0.3 is 15.2 Å². The van der Waals surface area contributed by atoms with Gasteiger partial charge in [0.05, 0.1) is 5.76 Å². The van der Waals surface area contributed by atoms with Crippen LogP contribution in [0.15, 0.2) is 48.3 Å². The summed E-state index contributed by atoms with van der Waals surface area (Å²) >= 11 is 5.95. The third-order valence-corrected chi connectivity index (χ3v) is 5.47. The molecule has 0 radical (unpaired) electrons. The van der Waals surface area contributed by atoms with Gasteiger partial charge in [0.25, 0.3) is 0 Å². The first-order chi connectivity index (χ1) is 13.0. The average Bonchev–Trinajstić information content (AvgIpc) is 2.69. The smallest absolute Gasteiger partial charge is 0.117 e. The zero-order valence-electron chi connectivity index (χ0n) is 16.2. The highest BCUT2D eigenvalue weighted by molar-refractivity contribution is 6.30. The molecule has 1 aromatic carbocycles. The van der Waals surface area contributed by atoms with E-state index in [0.717, 1.165) is 56.1 Å². The van der Waals surface area contributed by atoms with E-state index in [0.29, 0.717) is 19.2 Å². The highest BCUT2D eigenvalue weighted by Gasteiger charge is 2.25. The van der Waals surface area contributed by atoms with Crippen LogP contribution in [0.4, 0.5) is 0 Å². The monoisotopic (exact) mass is 390 g/mol. The van der Waals surface area contributed by atoms with Crippen molar-refractivity contribution in [3.8, 4) is 0 Å². The molecule has 0 unspecified atom stereocenters. The number of aliphatic hydroxyl groups is 1. The van der Waals surface area contributed by atoms with E-state index >= 15 is 0 Å². The molecule has 0 aromatic heterocycles. The van der Waals surface area contributed by atoms with Crippen molar-refractivity contribution in [2.24, 2.45) is 0 Å². The molecule has 0 amide bonds. The van der Waals surface area contributed by atoms with Crippen LogP contribution in [0.1, 0.15) is 38.2 Å². The van der Waals surface area contributed by atoms with Crippen LogP contribution in [0.2, 0.25) is 5.02 Å². The number of likely N-dealkylation sites (tertiary alicyclic amines) is 1. The lowest BCUT2D eigenvalue weighted by molar-refractivity contribution is -0.0156. The van der Waals surface area contributed by atoms with Crippen LogP contribution >= 0.6 is 11.6 Å². The zero-order valence-corrected chi connectivity index (χ0v) is 16.9. The first-order valence-electron chi connectivity index (χ1n) is 9.91. The average molecular weight is 391 g/mol. The maximum atomic E-state index is 10.6. The van der Waals surface area contributed by atoms with E-state index in [2.05, 4.69) is 28.4 Å². The number of piperidine rings is 1. The Morgan fingerprint density at radius 2 is 2.00 bits per heavy atom. The maximum Gasteiger partial charge on any atom is 0.117 e. The molecule has 1 atom stereocenters. The van der Waals surface area contributed by atoms with Gasteiger partial charge in [0.1, 0.15) is 12.2 Å². The molecule has 0 saturated carbocycles. The second kappa shape index (κ2) is 9.74. The molecule has 148 valence electrons. The van der Waals surface area contributed by atoms with E-state index in [1.807, 2.05) is 31.2 Å². The number of rotatable bonds is 8. The van der Waals surface area contributed by atoms with Gasteiger partial charge in [0.15, 0.2) is 0 Å². The van der Waals surface area contributed by atoms with E-state index in [4.69, 9.17) is 16.3 Å². The molecular formula is C22H31ClN2O2. The molecule has 2 N–H and O–H groups in total. The molecule has 3 rings (SSSR count). The zero-order chi connectivity index (χ0) is 19.1. The van der Waals surface area contributed by atoms with Gasteiger partial charge >= 0.3 is 0 Å². The minimum absolute atomic E-state index is 0.328. The standard InChI is InChI=1S/C22H31ClN2O2/c1-22(26,17-27-21-5-3-2-4-6-21)16-24-20-11-13-25(14-12-20)15-18-7-9-19(23)10-8-18/h2-3,5,7-10,20,24,26H,4,6,11-17H2,1H3/t22-/m0/s1. The van der Waals surface area contributed by atoms with Gasteiger partial charge in [-0.2, -0.15) is 0 Å². The number of nitrogens with zero attached hydrogens (tertiary/aromatic N) is 1. The fourth-order valence-electron chi connectivity index (χ4n) is 3.51. The highest BCUT2D eigenvalue weighted by Crippen LogP contribution is 2.18. The summed E-state index contributed by atoms with van der Waals surface area (Å²) < 4.78 is 5.78. The summed E-state index contributed by atoms with van der Waals surface area (Å²) in [7, 11) is 0. The van der Waals surface area contributed by atoms with Crippen molar-refractivity contribution in [1.82, 2.24) is 10.2 Å². The molecule has 2 aliphatic rings. The van der Waals surface area contributed by atoms with Gasteiger partial charge in [-0.05, 0) is 63.0 Å². The van der Waals surface area contributed by atoms with Crippen LogP contribution in [0.25, 0.3) is 0 Å². The lowest BCUT2D eigenvalue weighted by atomic mass is 10.0. The largest absolute Gasteiger partial charge is 0.495 e. The first-order valence-corrected chi connectivity index (χ1v) is 10.3. The van der Waals surface area contributed by atoms with Gasteiger partial charge in [-0.3, -0.25) is 4.90 Å². The van der Waals surface area contributed by atoms with Crippen LogP contribution in [0, 0.1) is 0 Å². The molecule has 1 aliphatic carbocycles. The van der Waals surface area contributed by atoms with Gasteiger partial charge in [-0.25, -0.2) is 0 Å². The number of allylic oxidation sites excluding steroid dienone is 4. The van der Waals surface area contributed by atoms with Crippen molar-refractivity contribution in [1.29, 1.82) is 0 Å². The van der Waals surface area contributed by atoms with Crippen molar-refractivity contribution >= 4 is 11.6 Å². The van der Waals surface area contributed by atoms with Crippen molar-refractivity contribution in [2.75, 3.05) is 26.2 Å². The van der Waals surface area contributed by atoms with E-state index in [9.17, 15) is 5.11 Å². The summed E-state index contributed by atoms with van der Waals surface area (Å²) in [6, 6.07) is 8.56. The molecule has 5 heteroatoms. The molecular weight excluding hydrogens is 360 g/mol. The normalized spacial score (nSPS) is 20.9. The summed E-state index contributed by atoms with van der Waals surface area (Å²) in [5, 5.41) is 14.9. The summed E-state index contributed by atoms with van der Waals surface area (Å²) in [6.07, 6.45) is 10.3. The highest BCUT2D eigenvalue weighted by atomic mass is 35.5. The molecule has 1 heterocycles. The van der Waals surface area contributed by atoms with E-state index < -0.39 is 5.60 Å². The quantitative estimate of drug-likeness (QED) is 0.706. The lowest BCUT2D eigenvalue weighted by Crippen LogP contribution is -2.49. The van der Waals surface area contributed by atoms with Crippen LogP contribution in [0.5, 0.6) is 0 Å². The molecule has 1 saturated heterocycles. The first kappa shape index (κ1) is 20.4. The molecule has 1 aromatic rings. The summed E-state index contributed by atoms with van der Waals surface area (Å²) in [4.78, 5) is 2.48. The maximum absolute atomic E-state index is 10.6. The number of halogens is 1. The van der Waals surface area contributed by atoms with Crippen LogP contribution < -0.4 is 5.32 Å². The lowest BCUT2D eigenvalue weighted by Gasteiger charge is -2.34. The number of benzene rings is 1. The van der Waals surface area contributed by atoms with E-state index in [1.165, 1.54) is 5.56 Å². The van der Waals surface area contributed by atoms with Crippen LogP contribution in [0.3, 0.4) is 0 Å². The van der Waals surface area contributed by atoms with E-state index in [-0.39, 0.29) is 0 Å². The molecule has 1 aliphatic heterocycles. The third-order valence-electron chi connectivity index (χ3n) is 5.22. The van der Waals surface area contributed by atoms with Crippen molar-refractivity contribution in [3.63, 3.8) is 0 Å². The van der Waals surface area contributed by atoms with Gasteiger partial charge in [-0.1, -0.05) is 35.9 Å². The predicted molar refractivity (Wildman–Crippen MR) is 111 cm³/mol. The second-order valence-corrected chi connectivity index (χ2v) is 8.38. The molecule has 1 fully saturated rings. The predicted octanol–water partition coefficient (Wildman–Crippen LogP) is 3.90. The van der Waals surface area contributed by atoms with Crippen LogP contribution in [-0.2, 0) is 11.3 Å². The minimum Gasteiger partial charge on any atom is -0.495 e. The number of hydrogen-bond donors (Lipinski definition) is 2. The Labute approximate surface area is 167 Å². The van der Waals surface area contributed by atoms with E-state index in [1.54, 1.807) is 0 Å². The Hall–Kier alpha value is -1.33. The molecule has 27 heavy (non-hydrogen) atoms. The minimum atomic E-state index is -0.859. The second-order valence-electron chi connectivity index (χ2n) is 7.94. The van der Waals surface area contributed by atoms with Gasteiger partial charge in [0, 0.05) is 30.6 Å². The molecule has 0 spiro atoms. The third kappa shape index (κ3) is 6.96. The van der Waals surface area contributed by atoms with Gasteiger partial charge in [-0.15, -0.1) is 0 Å². The Kier molecular flexibility index (Phi) is 7.36.